The molecule has 0 atom stereocenters. The van der Waals surface area contributed by atoms with E-state index < -0.39 is 0 Å². The van der Waals surface area contributed by atoms with Crippen molar-refractivity contribution in [3.8, 4) is 78.5 Å². The van der Waals surface area contributed by atoms with Crippen LogP contribution < -0.4 is 0 Å². The summed E-state index contributed by atoms with van der Waals surface area (Å²) in [5.41, 5.74) is 14.6. The molecule has 3 heteroatoms. The molecule has 0 unspecified atom stereocenters. The first-order valence-corrected chi connectivity index (χ1v) is 18.9. The second kappa shape index (κ2) is 14.4. The first kappa shape index (κ1) is 33.1. The Morgan fingerprint density at radius 3 is 1.30 bits per heavy atom. The zero-order valence-corrected chi connectivity index (χ0v) is 30.5. The quantitative estimate of drug-likeness (QED) is 0.154. The molecule has 10 aromatic rings. The first-order chi connectivity index (χ1) is 27.7. The Labute approximate surface area is 326 Å². The van der Waals surface area contributed by atoms with Crippen molar-refractivity contribution in [3.63, 3.8) is 0 Å². The number of benzene rings is 8. The molecule has 0 aliphatic rings. The maximum absolute atomic E-state index is 5.46. The SMILES string of the molecule is c1ccc(-c2cc(-c3ccccc3)nc(-c3cccc(-c4cccc(-c5cc6ccccc6c6c(-c7ccccc7)cc(-c7ccccc7)nc56)c4)c3)n2)cc1. The summed E-state index contributed by atoms with van der Waals surface area (Å²) in [5.74, 6) is 0.690. The van der Waals surface area contributed by atoms with Gasteiger partial charge in [-0.05, 0) is 68.9 Å². The van der Waals surface area contributed by atoms with Crippen molar-refractivity contribution < 1.29 is 0 Å². The largest absolute Gasteiger partial charge is 0.247 e. The molecule has 0 aliphatic heterocycles. The van der Waals surface area contributed by atoms with Crippen LogP contribution in [0.3, 0.4) is 0 Å². The van der Waals surface area contributed by atoms with Gasteiger partial charge in [-0.2, -0.15) is 0 Å². The molecule has 0 bridgehead atoms. The van der Waals surface area contributed by atoms with Crippen molar-refractivity contribution in [1.82, 2.24) is 15.0 Å². The number of hydrogen-bond acceptors (Lipinski definition) is 3. The molecule has 0 saturated heterocycles. The van der Waals surface area contributed by atoms with Crippen LogP contribution in [0.1, 0.15) is 0 Å². The van der Waals surface area contributed by atoms with E-state index in [0.29, 0.717) is 5.82 Å². The molecule has 2 aromatic heterocycles. The summed E-state index contributed by atoms with van der Waals surface area (Å²) in [6.07, 6.45) is 0. The molecule has 262 valence electrons. The van der Waals surface area contributed by atoms with Crippen molar-refractivity contribution in [3.05, 3.63) is 212 Å². The van der Waals surface area contributed by atoms with Gasteiger partial charge < -0.3 is 0 Å². The Bertz CT molecular complexity index is 2940. The fourth-order valence-corrected chi connectivity index (χ4v) is 7.70. The van der Waals surface area contributed by atoms with Crippen LogP contribution in [0, 0.1) is 0 Å². The Balaban J connectivity index is 1.14. The molecule has 0 radical (unpaired) electrons. The number of aromatic nitrogens is 3. The van der Waals surface area contributed by atoms with Gasteiger partial charge in [0.15, 0.2) is 5.82 Å². The molecular weight excluding hydrogens is 679 g/mol. The lowest BCUT2D eigenvalue weighted by Gasteiger charge is -2.17. The van der Waals surface area contributed by atoms with E-state index in [0.717, 1.165) is 72.5 Å². The summed E-state index contributed by atoms with van der Waals surface area (Å²) in [6.45, 7) is 0. The topological polar surface area (TPSA) is 38.7 Å². The first-order valence-electron chi connectivity index (χ1n) is 18.9. The number of rotatable bonds is 7. The molecule has 0 N–H and O–H groups in total. The molecule has 0 aliphatic carbocycles. The molecule has 0 fully saturated rings. The molecule has 0 amide bonds. The van der Waals surface area contributed by atoms with Crippen molar-refractivity contribution in [2.45, 2.75) is 0 Å². The summed E-state index contributed by atoms with van der Waals surface area (Å²) >= 11 is 0. The van der Waals surface area contributed by atoms with Gasteiger partial charge in [0.25, 0.3) is 0 Å². The zero-order chi connectivity index (χ0) is 37.3. The second-order valence-electron chi connectivity index (χ2n) is 14.0. The van der Waals surface area contributed by atoms with E-state index in [1.807, 2.05) is 36.4 Å². The van der Waals surface area contributed by atoms with Gasteiger partial charge in [0.2, 0.25) is 0 Å². The van der Waals surface area contributed by atoms with Crippen LogP contribution >= 0.6 is 0 Å². The third kappa shape index (κ3) is 6.31. The van der Waals surface area contributed by atoms with Gasteiger partial charge in [0.05, 0.1) is 22.6 Å². The third-order valence-electron chi connectivity index (χ3n) is 10.5. The zero-order valence-electron chi connectivity index (χ0n) is 30.5. The number of nitrogens with zero attached hydrogens (tertiary/aromatic N) is 3. The fourth-order valence-electron chi connectivity index (χ4n) is 7.70. The van der Waals surface area contributed by atoms with Gasteiger partial charge in [0, 0.05) is 33.2 Å². The van der Waals surface area contributed by atoms with Crippen molar-refractivity contribution in [2.75, 3.05) is 0 Å². The molecule has 3 nitrogen and oxygen atoms in total. The number of fused-ring (bicyclic) bond motifs is 3. The van der Waals surface area contributed by atoms with E-state index >= 15 is 0 Å². The van der Waals surface area contributed by atoms with E-state index in [-0.39, 0.29) is 0 Å². The van der Waals surface area contributed by atoms with Crippen molar-refractivity contribution in [1.29, 1.82) is 0 Å². The molecule has 8 aromatic carbocycles. The van der Waals surface area contributed by atoms with Crippen LogP contribution in [0.25, 0.3) is 100 Å². The summed E-state index contributed by atoms with van der Waals surface area (Å²) in [4.78, 5) is 15.7. The van der Waals surface area contributed by atoms with Gasteiger partial charge in [-0.25, -0.2) is 15.0 Å². The van der Waals surface area contributed by atoms with Crippen LogP contribution in [0.2, 0.25) is 0 Å². The van der Waals surface area contributed by atoms with Crippen LogP contribution in [0.15, 0.2) is 212 Å². The average Bonchev–Trinajstić information content (AvgIpc) is 3.29. The summed E-state index contributed by atoms with van der Waals surface area (Å²) < 4.78 is 0. The highest BCUT2D eigenvalue weighted by atomic mass is 14.9. The lowest BCUT2D eigenvalue weighted by Crippen LogP contribution is -1.96. The monoisotopic (exact) mass is 713 g/mol. The van der Waals surface area contributed by atoms with Crippen molar-refractivity contribution in [2.24, 2.45) is 0 Å². The van der Waals surface area contributed by atoms with Crippen LogP contribution in [0.5, 0.6) is 0 Å². The Morgan fingerprint density at radius 1 is 0.268 bits per heavy atom. The fraction of sp³-hybridized carbons (Fsp3) is 0. The molecule has 10 rings (SSSR count). The van der Waals surface area contributed by atoms with Gasteiger partial charge in [-0.15, -0.1) is 0 Å². The highest BCUT2D eigenvalue weighted by Crippen LogP contribution is 2.42. The van der Waals surface area contributed by atoms with Crippen molar-refractivity contribution >= 4 is 21.7 Å². The highest BCUT2D eigenvalue weighted by molar-refractivity contribution is 6.18. The Hall–Kier alpha value is -7.49. The standard InChI is InChI=1S/C53H35N3/c1-5-17-36(18-6-1)46-34-48(37-19-7-2-8-20-37)54-52-47(33-43-25-13-14-30-45(43)51(46)52)42-28-15-26-40(31-42)41-27-16-29-44(32-41)53-55-49(38-21-9-3-10-22-38)35-50(56-53)39-23-11-4-12-24-39/h1-35H. The maximum atomic E-state index is 5.46. The summed E-state index contributed by atoms with van der Waals surface area (Å²) in [7, 11) is 0. The van der Waals surface area contributed by atoms with Gasteiger partial charge in [-0.3, -0.25) is 0 Å². The molecule has 2 heterocycles. The summed E-state index contributed by atoms with van der Waals surface area (Å²) in [6, 6.07) is 74.5. The Kier molecular flexibility index (Phi) is 8.51. The van der Waals surface area contributed by atoms with Crippen LogP contribution in [-0.2, 0) is 0 Å². The highest BCUT2D eigenvalue weighted by Gasteiger charge is 2.18. The van der Waals surface area contributed by atoms with E-state index in [1.165, 1.54) is 21.9 Å². The third-order valence-corrected chi connectivity index (χ3v) is 10.5. The normalized spacial score (nSPS) is 11.2. The molecule has 0 spiro atoms. The van der Waals surface area contributed by atoms with E-state index in [2.05, 4.69) is 176 Å². The van der Waals surface area contributed by atoms with Crippen LogP contribution in [-0.4, -0.2) is 15.0 Å². The predicted octanol–water partition coefficient (Wildman–Crippen LogP) is 13.8. The Morgan fingerprint density at radius 2 is 0.714 bits per heavy atom. The minimum Gasteiger partial charge on any atom is -0.247 e. The van der Waals surface area contributed by atoms with Gasteiger partial charge >= 0.3 is 0 Å². The molecule has 56 heavy (non-hydrogen) atoms. The number of hydrogen-bond donors (Lipinski definition) is 0. The van der Waals surface area contributed by atoms with Gasteiger partial charge in [0.1, 0.15) is 0 Å². The lowest BCUT2D eigenvalue weighted by molar-refractivity contribution is 1.18. The predicted molar refractivity (Wildman–Crippen MR) is 233 cm³/mol. The molecular formula is C53H35N3. The minimum atomic E-state index is 0.690. The van der Waals surface area contributed by atoms with E-state index in [4.69, 9.17) is 15.0 Å². The minimum absolute atomic E-state index is 0.690. The van der Waals surface area contributed by atoms with Crippen LogP contribution in [0.4, 0.5) is 0 Å². The average molecular weight is 714 g/mol. The smallest absolute Gasteiger partial charge is 0.160 e. The van der Waals surface area contributed by atoms with E-state index in [1.54, 1.807) is 0 Å². The second-order valence-corrected chi connectivity index (χ2v) is 14.0. The lowest BCUT2D eigenvalue weighted by atomic mass is 9.89. The van der Waals surface area contributed by atoms with Gasteiger partial charge in [-0.1, -0.05) is 182 Å². The number of pyridine rings is 1. The van der Waals surface area contributed by atoms with E-state index in [9.17, 15) is 0 Å². The summed E-state index contributed by atoms with van der Waals surface area (Å²) in [5, 5.41) is 3.52. The molecule has 0 saturated carbocycles. The maximum Gasteiger partial charge on any atom is 0.160 e.